The van der Waals surface area contributed by atoms with Crippen LogP contribution in [0.2, 0.25) is 0 Å². The van der Waals surface area contributed by atoms with Gasteiger partial charge < -0.3 is 14.3 Å². The summed E-state index contributed by atoms with van der Waals surface area (Å²) in [5.74, 6) is 0.824. The minimum Gasteiger partial charge on any atom is -0.497 e. The molecule has 78 valence electrons. The van der Waals surface area contributed by atoms with E-state index in [0.717, 1.165) is 16.8 Å². The van der Waals surface area contributed by atoms with Crippen molar-refractivity contribution in [2.45, 2.75) is 6.54 Å². The van der Waals surface area contributed by atoms with Gasteiger partial charge in [0.2, 0.25) is 0 Å². The predicted octanol–water partition coefficient (Wildman–Crippen LogP) is 2.89. The first-order chi connectivity index (χ1) is 7.26. The van der Waals surface area contributed by atoms with Gasteiger partial charge in [0.05, 0.1) is 18.1 Å². The second kappa shape index (κ2) is 3.90. The van der Waals surface area contributed by atoms with E-state index in [9.17, 15) is 0 Å². The number of nitrogens with zero attached hydrogens (tertiary/aromatic N) is 1. The van der Waals surface area contributed by atoms with Gasteiger partial charge in [-0.15, -0.1) is 6.58 Å². The number of nitrogens with one attached hydrogen (secondary N) is 1. The van der Waals surface area contributed by atoms with Gasteiger partial charge in [0.25, 0.3) is 0 Å². The molecule has 1 aromatic heterocycles. The largest absolute Gasteiger partial charge is 0.497 e. The van der Waals surface area contributed by atoms with E-state index in [1.165, 1.54) is 0 Å². The number of fused-ring (bicyclic) bond motifs is 1. The van der Waals surface area contributed by atoms with E-state index in [1.807, 2.05) is 28.8 Å². The standard InChI is InChI=1S/C11H12N2OS/c1-3-6-13-10-5-4-8(14-2)7-9(10)12-11(13)15/h3-5,7H,1,6H2,2H3,(H,12,15). The molecule has 0 atom stereocenters. The lowest BCUT2D eigenvalue weighted by Crippen LogP contribution is -1.93. The molecule has 0 fully saturated rings. The monoisotopic (exact) mass is 220 g/mol. The van der Waals surface area contributed by atoms with Crippen LogP contribution in [0.3, 0.4) is 0 Å². The SMILES string of the molecule is C=CCn1c(=S)[nH]c2cc(OC)ccc21. The molecule has 0 aliphatic carbocycles. The zero-order chi connectivity index (χ0) is 10.8. The Morgan fingerprint density at radius 1 is 1.60 bits per heavy atom. The average molecular weight is 220 g/mol. The molecule has 0 saturated heterocycles. The maximum Gasteiger partial charge on any atom is 0.178 e. The molecule has 2 rings (SSSR count). The first kappa shape index (κ1) is 9.98. The van der Waals surface area contributed by atoms with Crippen LogP contribution in [0.15, 0.2) is 30.9 Å². The first-order valence-electron chi connectivity index (χ1n) is 4.63. The fraction of sp³-hybridized carbons (Fsp3) is 0.182. The number of imidazole rings is 1. The third-order valence-electron chi connectivity index (χ3n) is 2.29. The van der Waals surface area contributed by atoms with Gasteiger partial charge in [-0.2, -0.15) is 0 Å². The van der Waals surface area contributed by atoms with Gasteiger partial charge in [0, 0.05) is 12.6 Å². The van der Waals surface area contributed by atoms with Crippen molar-refractivity contribution in [1.29, 1.82) is 0 Å². The van der Waals surface area contributed by atoms with Crippen molar-refractivity contribution in [3.8, 4) is 5.75 Å². The number of benzene rings is 1. The van der Waals surface area contributed by atoms with E-state index in [1.54, 1.807) is 7.11 Å². The smallest absolute Gasteiger partial charge is 0.178 e. The number of methoxy groups -OCH3 is 1. The average Bonchev–Trinajstić information content (AvgIpc) is 2.55. The molecular weight excluding hydrogens is 208 g/mol. The molecule has 4 heteroatoms. The predicted molar refractivity (Wildman–Crippen MR) is 63.9 cm³/mol. The Morgan fingerprint density at radius 3 is 3.07 bits per heavy atom. The molecule has 0 unspecified atom stereocenters. The van der Waals surface area contributed by atoms with E-state index in [0.29, 0.717) is 11.3 Å². The number of hydrogen-bond acceptors (Lipinski definition) is 2. The summed E-state index contributed by atoms with van der Waals surface area (Å²) in [5.41, 5.74) is 2.06. The summed E-state index contributed by atoms with van der Waals surface area (Å²) < 4.78 is 7.85. The fourth-order valence-electron chi connectivity index (χ4n) is 1.58. The molecule has 1 aromatic carbocycles. The first-order valence-corrected chi connectivity index (χ1v) is 5.04. The minimum atomic E-state index is 0.707. The van der Waals surface area contributed by atoms with E-state index in [4.69, 9.17) is 17.0 Å². The zero-order valence-corrected chi connectivity index (χ0v) is 9.30. The van der Waals surface area contributed by atoms with Gasteiger partial charge >= 0.3 is 0 Å². The van der Waals surface area contributed by atoms with Crippen LogP contribution >= 0.6 is 12.2 Å². The Hall–Kier alpha value is -1.55. The van der Waals surface area contributed by atoms with Crippen LogP contribution < -0.4 is 4.74 Å². The molecule has 1 heterocycles. The molecule has 0 spiro atoms. The summed E-state index contributed by atoms with van der Waals surface area (Å²) in [6.07, 6.45) is 1.83. The molecule has 0 amide bonds. The lowest BCUT2D eigenvalue weighted by Gasteiger charge is -2.01. The van der Waals surface area contributed by atoms with Crippen LogP contribution in [-0.4, -0.2) is 16.7 Å². The summed E-state index contributed by atoms with van der Waals surface area (Å²) in [6.45, 7) is 4.42. The van der Waals surface area contributed by atoms with Crippen molar-refractivity contribution in [3.05, 3.63) is 35.6 Å². The molecular formula is C11H12N2OS. The number of ether oxygens (including phenoxy) is 1. The summed E-state index contributed by atoms with van der Waals surface area (Å²) in [6, 6.07) is 5.85. The van der Waals surface area contributed by atoms with Gasteiger partial charge in [-0.1, -0.05) is 6.08 Å². The van der Waals surface area contributed by atoms with Crippen molar-refractivity contribution in [3.63, 3.8) is 0 Å². The Bertz CT molecular complexity index is 553. The molecule has 0 aliphatic heterocycles. The third kappa shape index (κ3) is 1.68. The van der Waals surface area contributed by atoms with Crippen molar-refractivity contribution >= 4 is 23.3 Å². The summed E-state index contributed by atoms with van der Waals surface area (Å²) in [4.78, 5) is 3.14. The van der Waals surface area contributed by atoms with E-state index < -0.39 is 0 Å². The maximum absolute atomic E-state index is 5.22. The highest BCUT2D eigenvalue weighted by molar-refractivity contribution is 7.71. The topological polar surface area (TPSA) is 29.9 Å². The van der Waals surface area contributed by atoms with Crippen molar-refractivity contribution in [2.24, 2.45) is 0 Å². The molecule has 0 radical (unpaired) electrons. The Morgan fingerprint density at radius 2 is 2.40 bits per heavy atom. The lowest BCUT2D eigenvalue weighted by molar-refractivity contribution is 0.415. The highest BCUT2D eigenvalue weighted by Crippen LogP contribution is 2.20. The van der Waals surface area contributed by atoms with Gasteiger partial charge in [-0.3, -0.25) is 0 Å². The molecule has 0 saturated carbocycles. The van der Waals surface area contributed by atoms with E-state index in [-0.39, 0.29) is 0 Å². The lowest BCUT2D eigenvalue weighted by atomic mass is 10.3. The number of H-pyrrole nitrogens is 1. The fourth-order valence-corrected chi connectivity index (χ4v) is 1.86. The zero-order valence-electron chi connectivity index (χ0n) is 8.49. The number of allylic oxidation sites excluding steroid dienone is 1. The molecule has 15 heavy (non-hydrogen) atoms. The number of hydrogen-bond donors (Lipinski definition) is 1. The second-order valence-corrected chi connectivity index (χ2v) is 3.60. The summed E-state index contributed by atoms with van der Waals surface area (Å²) in [5, 5.41) is 0. The van der Waals surface area contributed by atoms with Crippen molar-refractivity contribution < 1.29 is 4.74 Å². The molecule has 0 bridgehead atoms. The van der Waals surface area contributed by atoms with Crippen molar-refractivity contribution in [2.75, 3.05) is 7.11 Å². The Kier molecular flexibility index (Phi) is 2.60. The van der Waals surface area contributed by atoms with E-state index >= 15 is 0 Å². The summed E-state index contributed by atoms with van der Waals surface area (Å²) >= 11 is 5.22. The Balaban J connectivity index is 2.68. The van der Waals surface area contributed by atoms with Crippen LogP contribution in [-0.2, 0) is 6.54 Å². The number of aromatic amines is 1. The normalized spacial score (nSPS) is 10.5. The molecule has 0 aliphatic rings. The molecule has 1 N–H and O–H groups in total. The van der Waals surface area contributed by atoms with Gasteiger partial charge in [-0.05, 0) is 24.4 Å². The minimum absolute atomic E-state index is 0.707. The van der Waals surface area contributed by atoms with Crippen LogP contribution in [0.4, 0.5) is 0 Å². The highest BCUT2D eigenvalue weighted by Gasteiger charge is 2.03. The highest BCUT2D eigenvalue weighted by atomic mass is 32.1. The third-order valence-corrected chi connectivity index (χ3v) is 2.62. The number of rotatable bonds is 3. The summed E-state index contributed by atoms with van der Waals surface area (Å²) in [7, 11) is 1.65. The maximum atomic E-state index is 5.22. The van der Waals surface area contributed by atoms with Crippen LogP contribution in [0.5, 0.6) is 5.75 Å². The van der Waals surface area contributed by atoms with Gasteiger partial charge in [0.15, 0.2) is 4.77 Å². The Labute approximate surface area is 93.0 Å². The van der Waals surface area contributed by atoms with Crippen LogP contribution in [0.25, 0.3) is 11.0 Å². The van der Waals surface area contributed by atoms with Crippen LogP contribution in [0, 0.1) is 4.77 Å². The van der Waals surface area contributed by atoms with Gasteiger partial charge in [-0.25, -0.2) is 0 Å². The number of aromatic nitrogens is 2. The van der Waals surface area contributed by atoms with Crippen molar-refractivity contribution in [1.82, 2.24) is 9.55 Å². The quantitative estimate of drug-likeness (QED) is 0.636. The second-order valence-electron chi connectivity index (χ2n) is 3.21. The van der Waals surface area contributed by atoms with Crippen LogP contribution in [0.1, 0.15) is 0 Å². The van der Waals surface area contributed by atoms with E-state index in [2.05, 4.69) is 11.6 Å². The molecule has 3 nitrogen and oxygen atoms in total. The van der Waals surface area contributed by atoms with Gasteiger partial charge in [0.1, 0.15) is 5.75 Å². The molecule has 2 aromatic rings.